The third-order valence-corrected chi connectivity index (χ3v) is 3.66. The number of nitrogens with one attached hydrogen (secondary N) is 1. The minimum Gasteiger partial charge on any atom is -0.348 e. The number of aromatic amines is 1. The van der Waals surface area contributed by atoms with Crippen LogP contribution in [0.25, 0.3) is 0 Å². The van der Waals surface area contributed by atoms with Gasteiger partial charge < -0.3 is 10.7 Å². The summed E-state index contributed by atoms with van der Waals surface area (Å²) in [4.78, 5) is 7.24. The Morgan fingerprint density at radius 1 is 1.38 bits per heavy atom. The molecule has 16 heavy (non-hydrogen) atoms. The molecule has 1 fully saturated rings. The van der Waals surface area contributed by atoms with Crippen LogP contribution in [0, 0.1) is 6.92 Å². The van der Waals surface area contributed by atoms with Crippen molar-refractivity contribution in [1.82, 2.24) is 9.97 Å². The van der Waals surface area contributed by atoms with Crippen molar-refractivity contribution in [1.29, 1.82) is 0 Å². The van der Waals surface area contributed by atoms with Crippen molar-refractivity contribution in [2.24, 2.45) is 5.73 Å². The lowest BCUT2D eigenvalue weighted by Gasteiger charge is -2.38. The molecule has 2 rings (SSSR count). The average Bonchev–Trinajstić information content (AvgIpc) is 2.66. The lowest BCUT2D eigenvalue weighted by Crippen LogP contribution is -2.42. The van der Waals surface area contributed by atoms with E-state index in [4.69, 9.17) is 5.73 Å². The molecule has 1 aliphatic rings. The van der Waals surface area contributed by atoms with Crippen LogP contribution in [-0.4, -0.2) is 22.4 Å². The van der Waals surface area contributed by atoms with E-state index in [1.165, 1.54) is 0 Å². The number of imidazole rings is 1. The Morgan fingerprint density at radius 3 is 2.44 bits per heavy atom. The molecule has 0 radical (unpaired) electrons. The molecular weight excluding hydrogens is 212 g/mol. The summed E-state index contributed by atoms with van der Waals surface area (Å²) in [5.41, 5.74) is 7.24. The molecule has 3 N–H and O–H groups in total. The molecule has 1 aromatic heterocycles. The number of hydrogen-bond acceptors (Lipinski definition) is 2. The fourth-order valence-electron chi connectivity index (χ4n) is 2.53. The quantitative estimate of drug-likeness (QED) is 0.816. The van der Waals surface area contributed by atoms with Gasteiger partial charge in [0.15, 0.2) is 0 Å². The van der Waals surface area contributed by atoms with Gasteiger partial charge in [-0.3, -0.25) is 0 Å². The molecule has 0 aromatic carbocycles. The molecule has 1 saturated carbocycles. The van der Waals surface area contributed by atoms with Gasteiger partial charge in [-0.1, -0.05) is 0 Å². The molecule has 0 aliphatic heterocycles. The van der Waals surface area contributed by atoms with E-state index in [0.29, 0.717) is 19.4 Å². The fraction of sp³-hybridized carbons (Fsp3) is 0.727. The van der Waals surface area contributed by atoms with Crippen molar-refractivity contribution in [3.8, 4) is 0 Å². The first-order chi connectivity index (χ1) is 7.49. The molecule has 90 valence electrons. The number of rotatable bonds is 2. The molecule has 0 unspecified atom stereocenters. The molecule has 0 bridgehead atoms. The molecule has 0 spiro atoms. The average molecular weight is 229 g/mol. The molecule has 0 atom stereocenters. The number of halogens is 2. The Labute approximate surface area is 93.4 Å². The van der Waals surface area contributed by atoms with Crippen molar-refractivity contribution >= 4 is 0 Å². The SMILES string of the molecule is Cc1[nH]cnc1C1(CN)CCC(F)(F)CC1. The Bertz CT molecular complexity index is 363. The van der Waals surface area contributed by atoms with Gasteiger partial charge in [0.1, 0.15) is 0 Å². The summed E-state index contributed by atoms with van der Waals surface area (Å²) in [6.07, 6.45) is 2.27. The van der Waals surface area contributed by atoms with Crippen molar-refractivity contribution in [3.63, 3.8) is 0 Å². The van der Waals surface area contributed by atoms with Gasteiger partial charge in [-0.15, -0.1) is 0 Å². The molecule has 1 aromatic rings. The summed E-state index contributed by atoms with van der Waals surface area (Å²) in [5, 5.41) is 0. The molecule has 3 nitrogen and oxygen atoms in total. The number of alkyl halides is 2. The first-order valence-electron chi connectivity index (χ1n) is 5.57. The maximum absolute atomic E-state index is 13.2. The third-order valence-electron chi connectivity index (χ3n) is 3.66. The van der Waals surface area contributed by atoms with E-state index in [0.717, 1.165) is 11.4 Å². The molecule has 0 amide bonds. The summed E-state index contributed by atoms with van der Waals surface area (Å²) in [6, 6.07) is 0. The molecule has 1 heterocycles. The van der Waals surface area contributed by atoms with E-state index >= 15 is 0 Å². The topological polar surface area (TPSA) is 54.7 Å². The number of hydrogen-bond donors (Lipinski definition) is 2. The van der Waals surface area contributed by atoms with Gasteiger partial charge in [-0.25, -0.2) is 13.8 Å². The predicted molar refractivity (Wildman–Crippen MR) is 57.5 cm³/mol. The number of nitrogens with two attached hydrogens (primary N) is 1. The normalized spacial score (nSPS) is 23.2. The smallest absolute Gasteiger partial charge is 0.248 e. The second-order valence-corrected chi connectivity index (χ2v) is 4.72. The van der Waals surface area contributed by atoms with Gasteiger partial charge in [0, 0.05) is 30.5 Å². The third kappa shape index (κ3) is 1.84. The van der Waals surface area contributed by atoms with Crippen LogP contribution < -0.4 is 5.73 Å². The van der Waals surface area contributed by atoms with Gasteiger partial charge in [-0.2, -0.15) is 0 Å². The minimum atomic E-state index is -2.52. The van der Waals surface area contributed by atoms with Crippen LogP contribution in [0.4, 0.5) is 8.78 Å². The second kappa shape index (κ2) is 3.80. The summed E-state index contributed by atoms with van der Waals surface area (Å²) in [6.45, 7) is 2.29. The van der Waals surface area contributed by atoms with Crippen LogP contribution in [0.5, 0.6) is 0 Å². The zero-order chi connectivity index (χ0) is 11.8. The molecule has 1 aliphatic carbocycles. The van der Waals surface area contributed by atoms with Crippen molar-refractivity contribution in [3.05, 3.63) is 17.7 Å². The molecular formula is C11H17F2N3. The van der Waals surface area contributed by atoms with Crippen LogP contribution in [-0.2, 0) is 5.41 Å². The van der Waals surface area contributed by atoms with Crippen LogP contribution in [0.15, 0.2) is 6.33 Å². The van der Waals surface area contributed by atoms with Crippen LogP contribution >= 0.6 is 0 Å². The van der Waals surface area contributed by atoms with Gasteiger partial charge in [0.2, 0.25) is 5.92 Å². The van der Waals surface area contributed by atoms with E-state index in [9.17, 15) is 8.78 Å². The highest BCUT2D eigenvalue weighted by Gasteiger charge is 2.45. The highest BCUT2D eigenvalue weighted by molar-refractivity contribution is 5.23. The fourth-order valence-corrected chi connectivity index (χ4v) is 2.53. The summed E-state index contributed by atoms with van der Waals surface area (Å²) >= 11 is 0. The highest BCUT2D eigenvalue weighted by atomic mass is 19.3. The summed E-state index contributed by atoms with van der Waals surface area (Å²) in [7, 11) is 0. The maximum Gasteiger partial charge on any atom is 0.248 e. The number of H-pyrrole nitrogens is 1. The van der Waals surface area contributed by atoms with E-state index in [2.05, 4.69) is 9.97 Å². The zero-order valence-corrected chi connectivity index (χ0v) is 9.39. The van der Waals surface area contributed by atoms with Gasteiger partial charge in [0.05, 0.1) is 12.0 Å². The van der Waals surface area contributed by atoms with E-state index in [1.54, 1.807) is 6.33 Å². The maximum atomic E-state index is 13.2. The molecule has 0 saturated heterocycles. The first kappa shape index (κ1) is 11.5. The Balaban J connectivity index is 2.26. The lowest BCUT2D eigenvalue weighted by molar-refractivity contribution is -0.0514. The zero-order valence-electron chi connectivity index (χ0n) is 9.39. The van der Waals surface area contributed by atoms with Crippen molar-refractivity contribution in [2.45, 2.75) is 43.9 Å². The predicted octanol–water partition coefficient (Wildman–Crippen LogP) is 2.12. The van der Waals surface area contributed by atoms with Crippen molar-refractivity contribution in [2.75, 3.05) is 6.54 Å². The number of nitrogens with zero attached hydrogens (tertiary/aromatic N) is 1. The summed E-state index contributed by atoms with van der Waals surface area (Å²) in [5.74, 6) is -2.52. The molecule has 5 heteroatoms. The minimum absolute atomic E-state index is 0.0868. The van der Waals surface area contributed by atoms with Crippen molar-refractivity contribution < 1.29 is 8.78 Å². The van der Waals surface area contributed by atoms with Gasteiger partial charge in [0.25, 0.3) is 0 Å². The summed E-state index contributed by atoms with van der Waals surface area (Å²) < 4.78 is 26.3. The first-order valence-corrected chi connectivity index (χ1v) is 5.57. The Hall–Kier alpha value is -0.970. The van der Waals surface area contributed by atoms with Gasteiger partial charge in [-0.05, 0) is 19.8 Å². The second-order valence-electron chi connectivity index (χ2n) is 4.72. The lowest BCUT2D eigenvalue weighted by atomic mass is 9.70. The van der Waals surface area contributed by atoms with E-state index in [-0.39, 0.29) is 18.3 Å². The Morgan fingerprint density at radius 2 is 2.00 bits per heavy atom. The van der Waals surface area contributed by atoms with Crippen LogP contribution in [0.3, 0.4) is 0 Å². The van der Waals surface area contributed by atoms with Gasteiger partial charge >= 0.3 is 0 Å². The standard InChI is InChI=1S/C11H17F2N3/c1-8-9(16-7-15-8)10(6-14)2-4-11(12,13)5-3-10/h7H,2-6,14H2,1H3,(H,15,16). The van der Waals surface area contributed by atoms with E-state index < -0.39 is 5.92 Å². The van der Waals surface area contributed by atoms with Crippen LogP contribution in [0.2, 0.25) is 0 Å². The number of aromatic nitrogens is 2. The van der Waals surface area contributed by atoms with E-state index in [1.807, 2.05) is 6.92 Å². The highest BCUT2D eigenvalue weighted by Crippen LogP contribution is 2.44. The Kier molecular flexibility index (Phi) is 2.74. The van der Waals surface area contributed by atoms with Crippen LogP contribution in [0.1, 0.15) is 37.1 Å². The number of aryl methyl sites for hydroxylation is 1. The monoisotopic (exact) mass is 229 g/mol. The largest absolute Gasteiger partial charge is 0.348 e.